The Labute approximate surface area is 154 Å². The summed E-state index contributed by atoms with van der Waals surface area (Å²) in [4.78, 5) is 9.51. The predicted octanol–water partition coefficient (Wildman–Crippen LogP) is 3.17. The number of aliphatic imine (C=N–C) groups is 1. The fourth-order valence-corrected chi connectivity index (χ4v) is 3.26. The van der Waals surface area contributed by atoms with E-state index in [0.717, 1.165) is 31.6 Å². The summed E-state index contributed by atoms with van der Waals surface area (Å²) < 4.78 is 0. The first-order valence-corrected chi connectivity index (χ1v) is 8.45. The normalized spacial score (nSPS) is 23.3. The Kier molecular flexibility index (Phi) is 6.58. The molecule has 5 heteroatoms. The molecule has 4 nitrogen and oxygen atoms in total. The molecule has 1 N–H and O–H groups in total. The highest BCUT2D eigenvalue weighted by atomic mass is 127. The molecular weight excluding hydrogens is 387 g/mol. The highest BCUT2D eigenvalue weighted by molar-refractivity contribution is 14.0. The number of halogens is 1. The summed E-state index contributed by atoms with van der Waals surface area (Å²) in [6, 6.07) is 1.47. The maximum atomic E-state index is 4.49. The third-order valence-corrected chi connectivity index (χ3v) is 5.68. The van der Waals surface area contributed by atoms with Crippen molar-refractivity contribution in [2.24, 2.45) is 10.4 Å². The van der Waals surface area contributed by atoms with Crippen molar-refractivity contribution in [1.29, 1.82) is 0 Å². The molecule has 130 valence electrons. The molecule has 0 unspecified atom stereocenters. The first-order valence-electron chi connectivity index (χ1n) is 8.45. The molecular formula is C17H35IN4. The third kappa shape index (κ3) is 3.89. The van der Waals surface area contributed by atoms with Crippen LogP contribution in [0.5, 0.6) is 0 Å². The lowest BCUT2D eigenvalue weighted by Gasteiger charge is -2.62. The van der Waals surface area contributed by atoms with Crippen LogP contribution in [0.2, 0.25) is 0 Å². The maximum absolute atomic E-state index is 4.49. The van der Waals surface area contributed by atoms with Gasteiger partial charge >= 0.3 is 0 Å². The van der Waals surface area contributed by atoms with E-state index in [2.05, 4.69) is 61.7 Å². The summed E-state index contributed by atoms with van der Waals surface area (Å²) in [5.41, 5.74) is 0.520. The lowest BCUT2D eigenvalue weighted by molar-refractivity contribution is -0.0667. The van der Waals surface area contributed by atoms with E-state index in [1.54, 1.807) is 0 Å². The van der Waals surface area contributed by atoms with Crippen LogP contribution in [0, 0.1) is 5.41 Å². The second-order valence-corrected chi connectivity index (χ2v) is 8.07. The molecule has 1 aliphatic carbocycles. The maximum Gasteiger partial charge on any atom is 0.194 e. The standard InChI is InChI=1S/C17H34N4.HI/c1-13(2)20(14-8-9-14)11-10-19-15(18-7)21-12-16(3,4)17(21,5)6;/h13-14H,8-12H2,1-7H3,(H,18,19);1H. The van der Waals surface area contributed by atoms with Crippen molar-refractivity contribution in [2.45, 2.75) is 72.0 Å². The molecule has 1 saturated carbocycles. The third-order valence-electron chi connectivity index (χ3n) is 5.68. The van der Waals surface area contributed by atoms with E-state index in [4.69, 9.17) is 0 Å². The van der Waals surface area contributed by atoms with E-state index < -0.39 is 0 Å². The SMILES string of the molecule is CN=C(NCCN(C(C)C)C1CC1)N1CC(C)(C)C1(C)C.I. The van der Waals surface area contributed by atoms with E-state index in [1.165, 1.54) is 12.8 Å². The summed E-state index contributed by atoms with van der Waals surface area (Å²) in [5.74, 6) is 1.05. The molecule has 0 atom stereocenters. The van der Waals surface area contributed by atoms with Crippen LogP contribution in [0.15, 0.2) is 4.99 Å². The largest absolute Gasteiger partial charge is 0.355 e. The van der Waals surface area contributed by atoms with Crippen LogP contribution in [0.4, 0.5) is 0 Å². The molecule has 2 rings (SSSR count). The summed E-state index contributed by atoms with van der Waals surface area (Å²) in [5, 5.41) is 3.57. The highest BCUT2D eigenvalue weighted by Gasteiger charge is 2.53. The van der Waals surface area contributed by atoms with Crippen LogP contribution < -0.4 is 5.32 Å². The van der Waals surface area contributed by atoms with Gasteiger partial charge in [-0.25, -0.2) is 0 Å². The van der Waals surface area contributed by atoms with Crippen LogP contribution in [-0.4, -0.2) is 60.1 Å². The molecule has 1 aliphatic heterocycles. The van der Waals surface area contributed by atoms with Gasteiger partial charge in [-0.15, -0.1) is 24.0 Å². The molecule has 0 aromatic heterocycles. The topological polar surface area (TPSA) is 30.9 Å². The second kappa shape index (κ2) is 7.24. The minimum Gasteiger partial charge on any atom is -0.355 e. The van der Waals surface area contributed by atoms with Gasteiger partial charge in [-0.2, -0.15) is 0 Å². The van der Waals surface area contributed by atoms with Crippen LogP contribution in [0.25, 0.3) is 0 Å². The number of likely N-dealkylation sites (tertiary alicyclic amines) is 1. The van der Waals surface area contributed by atoms with E-state index in [0.29, 0.717) is 11.5 Å². The number of guanidine groups is 1. The Bertz CT molecular complexity index is 397. The average molecular weight is 422 g/mol. The monoisotopic (exact) mass is 422 g/mol. The molecule has 2 aliphatic rings. The minimum atomic E-state index is 0. The molecule has 0 aromatic rings. The van der Waals surface area contributed by atoms with Crippen molar-refractivity contribution in [3.8, 4) is 0 Å². The van der Waals surface area contributed by atoms with Crippen LogP contribution >= 0.6 is 24.0 Å². The van der Waals surface area contributed by atoms with Gasteiger partial charge in [0.1, 0.15) is 0 Å². The van der Waals surface area contributed by atoms with Gasteiger partial charge in [0.15, 0.2) is 5.96 Å². The van der Waals surface area contributed by atoms with E-state index in [1.807, 2.05) is 7.05 Å². The molecule has 0 bridgehead atoms. The summed E-state index contributed by atoms with van der Waals surface area (Å²) in [7, 11) is 1.89. The Morgan fingerprint density at radius 1 is 1.27 bits per heavy atom. The molecule has 22 heavy (non-hydrogen) atoms. The fraction of sp³-hybridized carbons (Fsp3) is 0.941. The number of hydrogen-bond acceptors (Lipinski definition) is 2. The molecule has 0 aromatic carbocycles. The molecule has 0 radical (unpaired) electrons. The van der Waals surface area contributed by atoms with Crippen molar-refractivity contribution < 1.29 is 0 Å². The van der Waals surface area contributed by atoms with Gasteiger partial charge in [-0.1, -0.05) is 13.8 Å². The number of rotatable bonds is 5. The summed E-state index contributed by atoms with van der Waals surface area (Å²) in [6.07, 6.45) is 2.75. The van der Waals surface area contributed by atoms with Gasteiger partial charge in [0.2, 0.25) is 0 Å². The van der Waals surface area contributed by atoms with Crippen molar-refractivity contribution in [2.75, 3.05) is 26.7 Å². The minimum absolute atomic E-state index is 0. The average Bonchev–Trinajstić information content (AvgIpc) is 3.21. The molecule has 1 saturated heterocycles. The predicted molar refractivity (Wildman–Crippen MR) is 106 cm³/mol. The van der Waals surface area contributed by atoms with E-state index in [9.17, 15) is 0 Å². The first-order chi connectivity index (χ1) is 9.70. The number of nitrogens with zero attached hydrogens (tertiary/aromatic N) is 3. The summed E-state index contributed by atoms with van der Waals surface area (Å²) >= 11 is 0. The van der Waals surface area contributed by atoms with Crippen LogP contribution in [-0.2, 0) is 0 Å². The summed E-state index contributed by atoms with van der Waals surface area (Å²) in [6.45, 7) is 17.1. The molecule has 0 spiro atoms. The van der Waals surface area contributed by atoms with Gasteiger partial charge in [-0.3, -0.25) is 9.89 Å². The molecule has 2 fully saturated rings. The van der Waals surface area contributed by atoms with Crippen LogP contribution in [0.1, 0.15) is 54.4 Å². The number of nitrogens with one attached hydrogen (secondary N) is 1. The first kappa shape index (κ1) is 20.0. The lowest BCUT2D eigenvalue weighted by atomic mass is 9.65. The van der Waals surface area contributed by atoms with Crippen molar-refractivity contribution in [1.82, 2.24) is 15.1 Å². The van der Waals surface area contributed by atoms with Gasteiger partial charge in [-0.05, 0) is 40.5 Å². The van der Waals surface area contributed by atoms with Crippen molar-refractivity contribution >= 4 is 29.9 Å². The Balaban J connectivity index is 0.00000242. The smallest absolute Gasteiger partial charge is 0.194 e. The zero-order chi connectivity index (χ0) is 15.8. The Morgan fingerprint density at radius 3 is 2.23 bits per heavy atom. The highest BCUT2D eigenvalue weighted by Crippen LogP contribution is 2.46. The molecule has 1 heterocycles. The quantitative estimate of drug-likeness (QED) is 0.420. The zero-order valence-electron chi connectivity index (χ0n) is 15.4. The van der Waals surface area contributed by atoms with E-state index in [-0.39, 0.29) is 29.5 Å². The number of hydrogen-bond donors (Lipinski definition) is 1. The van der Waals surface area contributed by atoms with Crippen LogP contribution in [0.3, 0.4) is 0 Å². The Hall–Kier alpha value is -0.0400. The zero-order valence-corrected chi connectivity index (χ0v) is 17.8. The Morgan fingerprint density at radius 2 is 1.86 bits per heavy atom. The van der Waals surface area contributed by atoms with Gasteiger partial charge in [0.05, 0.1) is 0 Å². The fourth-order valence-electron chi connectivity index (χ4n) is 3.26. The lowest BCUT2D eigenvalue weighted by Crippen LogP contribution is -2.72. The van der Waals surface area contributed by atoms with Crippen molar-refractivity contribution in [3.63, 3.8) is 0 Å². The molecule has 0 amide bonds. The van der Waals surface area contributed by atoms with E-state index >= 15 is 0 Å². The van der Waals surface area contributed by atoms with Gasteiger partial charge in [0.25, 0.3) is 0 Å². The second-order valence-electron chi connectivity index (χ2n) is 8.07. The van der Waals surface area contributed by atoms with Gasteiger partial charge < -0.3 is 10.2 Å². The van der Waals surface area contributed by atoms with Gasteiger partial charge in [0, 0.05) is 49.7 Å². The van der Waals surface area contributed by atoms with Crippen molar-refractivity contribution in [3.05, 3.63) is 0 Å².